The lowest BCUT2D eigenvalue weighted by molar-refractivity contribution is -0.140. The summed E-state index contributed by atoms with van der Waals surface area (Å²) >= 11 is 0. The topological polar surface area (TPSA) is 49.4 Å². The van der Waals surface area contributed by atoms with Crippen LogP contribution in [-0.2, 0) is 28.0 Å². The van der Waals surface area contributed by atoms with Gasteiger partial charge in [0.1, 0.15) is 6.04 Å². The van der Waals surface area contributed by atoms with Gasteiger partial charge >= 0.3 is 0 Å². The maximum atomic E-state index is 13.2. The summed E-state index contributed by atoms with van der Waals surface area (Å²) in [6.45, 7) is 12.8. The van der Waals surface area contributed by atoms with Gasteiger partial charge in [0.25, 0.3) is 0 Å². The van der Waals surface area contributed by atoms with E-state index < -0.39 is 6.04 Å². The van der Waals surface area contributed by atoms with Crippen molar-refractivity contribution in [2.75, 3.05) is 0 Å². The van der Waals surface area contributed by atoms with Gasteiger partial charge in [0.15, 0.2) is 0 Å². The summed E-state index contributed by atoms with van der Waals surface area (Å²) in [4.78, 5) is 27.6. The Bertz CT molecular complexity index is 838. The molecule has 168 valence electrons. The largest absolute Gasteiger partial charge is 0.352 e. The number of carbonyl (C=O) groups excluding carboxylic acids is 2. The van der Waals surface area contributed by atoms with Crippen LogP contribution in [0, 0.1) is 0 Å². The Hall–Kier alpha value is -2.62. The third-order valence-corrected chi connectivity index (χ3v) is 5.81. The fourth-order valence-corrected chi connectivity index (χ4v) is 3.39. The van der Waals surface area contributed by atoms with Gasteiger partial charge in [-0.15, -0.1) is 0 Å². The number of hydrogen-bond donors (Lipinski definition) is 1. The van der Waals surface area contributed by atoms with Gasteiger partial charge in [-0.25, -0.2) is 0 Å². The lowest BCUT2D eigenvalue weighted by Crippen LogP contribution is -2.49. The van der Waals surface area contributed by atoms with Crippen LogP contribution in [0.3, 0.4) is 0 Å². The predicted octanol–water partition coefficient (Wildman–Crippen LogP) is 5.25. The lowest BCUT2D eigenvalue weighted by atomic mass is 9.86. The average molecular weight is 423 g/mol. The third-order valence-electron chi connectivity index (χ3n) is 5.81. The highest BCUT2D eigenvalue weighted by Gasteiger charge is 2.26. The Morgan fingerprint density at radius 3 is 2.10 bits per heavy atom. The second-order valence-electron chi connectivity index (χ2n) is 9.45. The summed E-state index contributed by atoms with van der Waals surface area (Å²) in [7, 11) is 0. The van der Waals surface area contributed by atoms with Crippen LogP contribution in [0.25, 0.3) is 0 Å². The number of nitrogens with one attached hydrogen (secondary N) is 1. The number of aryl methyl sites for hydroxylation is 1. The number of amides is 2. The van der Waals surface area contributed by atoms with E-state index in [0.29, 0.717) is 19.4 Å². The summed E-state index contributed by atoms with van der Waals surface area (Å²) in [6.07, 6.45) is 1.90. The van der Waals surface area contributed by atoms with E-state index >= 15 is 0 Å². The van der Waals surface area contributed by atoms with Crippen molar-refractivity contribution in [2.24, 2.45) is 0 Å². The molecule has 0 aliphatic rings. The predicted molar refractivity (Wildman–Crippen MR) is 128 cm³/mol. The minimum Gasteiger partial charge on any atom is -0.352 e. The molecule has 0 unspecified atom stereocenters. The molecule has 0 radical (unpaired) electrons. The van der Waals surface area contributed by atoms with Gasteiger partial charge in [-0.05, 0) is 48.8 Å². The fourth-order valence-electron chi connectivity index (χ4n) is 3.39. The molecule has 4 nitrogen and oxygen atoms in total. The molecule has 0 fully saturated rings. The van der Waals surface area contributed by atoms with Gasteiger partial charge in [0.2, 0.25) is 11.8 Å². The first-order chi connectivity index (χ1) is 14.6. The van der Waals surface area contributed by atoms with E-state index in [1.807, 2.05) is 51.1 Å². The van der Waals surface area contributed by atoms with Crippen LogP contribution in [0.4, 0.5) is 0 Å². The summed E-state index contributed by atoms with van der Waals surface area (Å²) in [6, 6.07) is 17.9. The molecular weight excluding hydrogens is 384 g/mol. The molecule has 0 heterocycles. The van der Waals surface area contributed by atoms with E-state index in [1.54, 1.807) is 4.90 Å². The second-order valence-corrected chi connectivity index (χ2v) is 9.45. The Balaban J connectivity index is 2.10. The van der Waals surface area contributed by atoms with Crippen molar-refractivity contribution in [3.05, 3.63) is 71.3 Å². The van der Waals surface area contributed by atoms with Gasteiger partial charge in [0, 0.05) is 19.0 Å². The molecule has 0 aromatic heterocycles. The summed E-state index contributed by atoms with van der Waals surface area (Å²) in [5.74, 6) is -0.108. The molecule has 0 saturated heterocycles. The zero-order valence-electron chi connectivity index (χ0n) is 19.9. The molecule has 4 heteroatoms. The number of carbonyl (C=O) groups is 2. The van der Waals surface area contributed by atoms with Gasteiger partial charge in [-0.2, -0.15) is 0 Å². The summed E-state index contributed by atoms with van der Waals surface area (Å²) in [5.41, 5.74) is 3.55. The molecule has 0 aliphatic carbocycles. The van der Waals surface area contributed by atoms with Gasteiger partial charge in [-0.1, -0.05) is 82.3 Å². The molecule has 2 amide bonds. The number of rotatable bonds is 9. The first-order valence-electron chi connectivity index (χ1n) is 11.3. The van der Waals surface area contributed by atoms with Gasteiger partial charge in [0.05, 0.1) is 0 Å². The van der Waals surface area contributed by atoms with Crippen LogP contribution in [0.5, 0.6) is 0 Å². The van der Waals surface area contributed by atoms with Crippen LogP contribution < -0.4 is 5.32 Å². The Morgan fingerprint density at radius 1 is 0.935 bits per heavy atom. The van der Waals surface area contributed by atoms with E-state index in [-0.39, 0.29) is 23.3 Å². The molecule has 0 saturated carbocycles. The molecule has 2 aromatic rings. The SMILES string of the molecule is CC[C@H](C)NC(=O)[C@@H](C)N(Cc1ccccc1)C(=O)CCc1ccc(C(C)(C)C)cc1. The first kappa shape index (κ1) is 24.6. The van der Waals surface area contributed by atoms with Gasteiger partial charge < -0.3 is 10.2 Å². The minimum atomic E-state index is -0.523. The Labute approximate surface area is 188 Å². The van der Waals surface area contributed by atoms with Crippen LogP contribution in [0.15, 0.2) is 54.6 Å². The molecule has 0 aliphatic heterocycles. The molecule has 1 N–H and O–H groups in total. The number of nitrogens with zero attached hydrogens (tertiary/aromatic N) is 1. The average Bonchev–Trinajstić information content (AvgIpc) is 2.75. The van der Waals surface area contributed by atoms with Crippen LogP contribution in [0.2, 0.25) is 0 Å². The van der Waals surface area contributed by atoms with Gasteiger partial charge in [-0.3, -0.25) is 9.59 Å². The minimum absolute atomic E-state index is 0.00412. The third kappa shape index (κ3) is 7.54. The smallest absolute Gasteiger partial charge is 0.242 e. The van der Waals surface area contributed by atoms with Crippen molar-refractivity contribution >= 4 is 11.8 Å². The van der Waals surface area contributed by atoms with Crippen molar-refractivity contribution in [2.45, 2.75) is 84.8 Å². The summed E-state index contributed by atoms with van der Waals surface area (Å²) < 4.78 is 0. The maximum absolute atomic E-state index is 13.2. The van der Waals surface area contributed by atoms with Crippen molar-refractivity contribution < 1.29 is 9.59 Å². The monoisotopic (exact) mass is 422 g/mol. The van der Waals surface area contributed by atoms with Crippen molar-refractivity contribution in [3.63, 3.8) is 0 Å². The zero-order chi connectivity index (χ0) is 23.0. The van der Waals surface area contributed by atoms with Crippen LogP contribution in [0.1, 0.15) is 71.1 Å². The van der Waals surface area contributed by atoms with E-state index in [4.69, 9.17) is 0 Å². The van der Waals surface area contributed by atoms with E-state index in [9.17, 15) is 9.59 Å². The van der Waals surface area contributed by atoms with Crippen molar-refractivity contribution in [1.29, 1.82) is 0 Å². The van der Waals surface area contributed by atoms with E-state index in [2.05, 4.69) is 50.4 Å². The van der Waals surface area contributed by atoms with Crippen LogP contribution in [-0.4, -0.2) is 28.8 Å². The Morgan fingerprint density at radius 2 is 1.55 bits per heavy atom. The molecular formula is C27H38N2O2. The quantitative estimate of drug-likeness (QED) is 0.600. The maximum Gasteiger partial charge on any atom is 0.242 e. The zero-order valence-corrected chi connectivity index (χ0v) is 19.9. The molecule has 2 aromatic carbocycles. The molecule has 2 atom stereocenters. The van der Waals surface area contributed by atoms with Crippen molar-refractivity contribution in [3.8, 4) is 0 Å². The highest BCUT2D eigenvalue weighted by Crippen LogP contribution is 2.22. The number of hydrogen-bond acceptors (Lipinski definition) is 2. The number of benzene rings is 2. The molecule has 0 spiro atoms. The Kier molecular flexibility index (Phi) is 8.85. The summed E-state index contributed by atoms with van der Waals surface area (Å²) in [5, 5.41) is 3.01. The van der Waals surface area contributed by atoms with E-state index in [1.165, 1.54) is 5.56 Å². The highest BCUT2D eigenvalue weighted by molar-refractivity contribution is 5.87. The second kappa shape index (κ2) is 11.1. The van der Waals surface area contributed by atoms with Crippen LogP contribution >= 0.6 is 0 Å². The molecule has 31 heavy (non-hydrogen) atoms. The lowest BCUT2D eigenvalue weighted by Gasteiger charge is -2.30. The fraction of sp³-hybridized carbons (Fsp3) is 0.481. The molecule has 0 bridgehead atoms. The highest BCUT2D eigenvalue weighted by atomic mass is 16.2. The van der Waals surface area contributed by atoms with E-state index in [0.717, 1.165) is 17.5 Å². The molecule has 2 rings (SSSR count). The first-order valence-corrected chi connectivity index (χ1v) is 11.3. The van der Waals surface area contributed by atoms with Crippen molar-refractivity contribution in [1.82, 2.24) is 10.2 Å². The standard InChI is InChI=1S/C27H38N2O2/c1-7-20(2)28-26(31)21(3)29(19-23-11-9-8-10-12-23)25(30)18-15-22-13-16-24(17-14-22)27(4,5)6/h8-14,16-17,20-21H,7,15,18-19H2,1-6H3,(H,28,31)/t20-,21+/m0/s1. The normalized spacial score (nSPS) is 13.4.